The Labute approximate surface area is 124 Å². The van der Waals surface area contributed by atoms with Gasteiger partial charge in [0, 0.05) is 4.88 Å². The maximum atomic E-state index is 11.3. The topological polar surface area (TPSA) is 66.8 Å². The fraction of sp³-hybridized carbons (Fsp3) is 0.0714. The van der Waals surface area contributed by atoms with Gasteiger partial charge in [0.2, 0.25) is 0 Å². The van der Waals surface area contributed by atoms with Crippen molar-refractivity contribution in [2.24, 2.45) is 0 Å². The van der Waals surface area contributed by atoms with E-state index >= 15 is 0 Å². The Morgan fingerprint density at radius 3 is 2.60 bits per heavy atom. The molecule has 0 bridgehead atoms. The molecule has 1 heterocycles. The number of rotatable bonds is 4. The minimum absolute atomic E-state index is 0.0461. The first kappa shape index (κ1) is 14.4. The molecule has 0 spiro atoms. The van der Waals surface area contributed by atoms with E-state index in [0.717, 1.165) is 0 Å². The number of aromatic hydroxyl groups is 1. The number of hydrogen-bond acceptors (Lipinski definition) is 4. The monoisotopic (exact) mass is 310 g/mol. The van der Waals surface area contributed by atoms with Crippen LogP contribution in [0.2, 0.25) is 4.34 Å². The number of carbonyl (C=O) groups is 1. The van der Waals surface area contributed by atoms with Crippen molar-refractivity contribution in [3.8, 4) is 11.5 Å². The van der Waals surface area contributed by atoms with Crippen LogP contribution >= 0.6 is 22.9 Å². The molecule has 1 aromatic heterocycles. The lowest BCUT2D eigenvalue weighted by atomic mass is 10.1. The second-order valence-corrected chi connectivity index (χ2v) is 5.61. The van der Waals surface area contributed by atoms with E-state index in [1.807, 2.05) is 0 Å². The Morgan fingerprint density at radius 1 is 1.35 bits per heavy atom. The average molecular weight is 311 g/mol. The Kier molecular flexibility index (Phi) is 4.32. The quantitative estimate of drug-likeness (QED) is 0.844. The highest BCUT2D eigenvalue weighted by molar-refractivity contribution is 7.17. The fourth-order valence-electron chi connectivity index (χ4n) is 1.66. The SMILES string of the molecule is COc1ccc(/C=C(\C(=O)O)c2ccc(Cl)s2)cc1O. The van der Waals surface area contributed by atoms with Gasteiger partial charge in [0.25, 0.3) is 0 Å². The first-order valence-electron chi connectivity index (χ1n) is 5.59. The lowest BCUT2D eigenvalue weighted by molar-refractivity contribution is -0.130. The number of phenols is 1. The lowest BCUT2D eigenvalue weighted by Crippen LogP contribution is -1.97. The van der Waals surface area contributed by atoms with Crippen LogP contribution in [-0.2, 0) is 4.79 Å². The molecule has 6 heteroatoms. The van der Waals surface area contributed by atoms with Gasteiger partial charge in [0.15, 0.2) is 11.5 Å². The number of halogens is 1. The highest BCUT2D eigenvalue weighted by atomic mass is 35.5. The maximum absolute atomic E-state index is 11.3. The number of aliphatic carboxylic acids is 1. The zero-order chi connectivity index (χ0) is 14.7. The molecule has 20 heavy (non-hydrogen) atoms. The summed E-state index contributed by atoms with van der Waals surface area (Å²) in [6.45, 7) is 0. The third kappa shape index (κ3) is 3.12. The molecule has 0 amide bonds. The summed E-state index contributed by atoms with van der Waals surface area (Å²) in [7, 11) is 1.45. The number of hydrogen-bond donors (Lipinski definition) is 2. The van der Waals surface area contributed by atoms with Gasteiger partial charge in [0.1, 0.15) is 0 Å². The van der Waals surface area contributed by atoms with Crippen molar-refractivity contribution in [1.29, 1.82) is 0 Å². The van der Waals surface area contributed by atoms with Gasteiger partial charge in [-0.15, -0.1) is 11.3 Å². The van der Waals surface area contributed by atoms with Gasteiger partial charge < -0.3 is 14.9 Å². The van der Waals surface area contributed by atoms with Crippen LogP contribution in [0, 0.1) is 0 Å². The largest absolute Gasteiger partial charge is 0.504 e. The maximum Gasteiger partial charge on any atom is 0.337 e. The number of ether oxygens (including phenoxy) is 1. The lowest BCUT2D eigenvalue weighted by Gasteiger charge is -2.04. The van der Waals surface area contributed by atoms with Crippen molar-refractivity contribution in [3.63, 3.8) is 0 Å². The predicted molar refractivity (Wildman–Crippen MR) is 79.5 cm³/mol. The Morgan fingerprint density at radius 2 is 2.10 bits per heavy atom. The molecule has 0 unspecified atom stereocenters. The van der Waals surface area contributed by atoms with Gasteiger partial charge in [-0.1, -0.05) is 17.7 Å². The Hall–Kier alpha value is -1.98. The van der Waals surface area contributed by atoms with E-state index in [1.54, 1.807) is 24.3 Å². The molecular weight excluding hydrogens is 300 g/mol. The molecule has 4 nitrogen and oxygen atoms in total. The number of carboxylic acids is 1. The first-order valence-corrected chi connectivity index (χ1v) is 6.78. The second-order valence-electron chi connectivity index (χ2n) is 3.90. The van der Waals surface area contributed by atoms with Gasteiger partial charge in [-0.3, -0.25) is 0 Å². The summed E-state index contributed by atoms with van der Waals surface area (Å²) in [5.74, 6) is -0.771. The van der Waals surface area contributed by atoms with Gasteiger partial charge >= 0.3 is 5.97 Å². The van der Waals surface area contributed by atoms with E-state index in [1.165, 1.54) is 30.6 Å². The molecule has 0 aliphatic carbocycles. The van der Waals surface area contributed by atoms with Crippen LogP contribution in [0.15, 0.2) is 30.3 Å². The number of carboxylic acid groups (broad SMARTS) is 1. The molecule has 0 saturated heterocycles. The molecular formula is C14H11ClO4S. The van der Waals surface area contributed by atoms with Gasteiger partial charge in [-0.25, -0.2) is 4.79 Å². The number of thiophene rings is 1. The molecule has 0 aliphatic heterocycles. The van der Waals surface area contributed by atoms with Crippen LogP contribution in [0.1, 0.15) is 10.4 Å². The van der Waals surface area contributed by atoms with Crippen LogP contribution in [0.5, 0.6) is 11.5 Å². The minimum atomic E-state index is -1.06. The van der Waals surface area contributed by atoms with E-state index in [4.69, 9.17) is 16.3 Å². The molecule has 0 saturated carbocycles. The smallest absolute Gasteiger partial charge is 0.337 e. The highest BCUT2D eigenvalue weighted by Gasteiger charge is 2.13. The second kappa shape index (κ2) is 5.98. The van der Waals surface area contributed by atoms with Crippen LogP contribution in [0.4, 0.5) is 0 Å². The van der Waals surface area contributed by atoms with E-state index in [2.05, 4.69) is 0 Å². The van der Waals surface area contributed by atoms with Crippen LogP contribution in [-0.4, -0.2) is 23.3 Å². The summed E-state index contributed by atoms with van der Waals surface area (Å²) in [6.07, 6.45) is 1.48. The molecule has 0 atom stereocenters. The molecule has 0 aliphatic rings. The fourth-order valence-corrected chi connectivity index (χ4v) is 2.71. The van der Waals surface area contributed by atoms with Crippen molar-refractivity contribution in [2.45, 2.75) is 0 Å². The van der Waals surface area contributed by atoms with Crippen molar-refractivity contribution < 1.29 is 19.7 Å². The summed E-state index contributed by atoms with van der Waals surface area (Å²) in [4.78, 5) is 11.9. The predicted octanol–water partition coefficient (Wildman–Crippen LogP) is 3.74. The highest BCUT2D eigenvalue weighted by Crippen LogP contribution is 2.31. The summed E-state index contributed by atoms with van der Waals surface area (Å²) >= 11 is 7.00. The third-order valence-electron chi connectivity index (χ3n) is 2.58. The summed E-state index contributed by atoms with van der Waals surface area (Å²) < 4.78 is 5.46. The summed E-state index contributed by atoms with van der Waals surface area (Å²) in [6, 6.07) is 7.97. The van der Waals surface area contributed by atoms with E-state index in [0.29, 0.717) is 20.5 Å². The molecule has 2 aromatic rings. The van der Waals surface area contributed by atoms with Crippen molar-refractivity contribution >= 4 is 40.6 Å². The third-order valence-corrected chi connectivity index (χ3v) is 3.85. The Bertz CT molecular complexity index is 676. The molecule has 0 radical (unpaired) electrons. The van der Waals surface area contributed by atoms with Crippen LogP contribution in [0.25, 0.3) is 11.6 Å². The van der Waals surface area contributed by atoms with E-state index < -0.39 is 5.97 Å². The van der Waals surface area contributed by atoms with Crippen molar-refractivity contribution in [1.82, 2.24) is 0 Å². The van der Waals surface area contributed by atoms with E-state index in [9.17, 15) is 15.0 Å². The number of phenolic OH excluding ortho intramolecular Hbond substituents is 1. The van der Waals surface area contributed by atoms with Crippen LogP contribution < -0.4 is 4.74 Å². The van der Waals surface area contributed by atoms with Gasteiger partial charge in [0.05, 0.1) is 17.0 Å². The molecule has 0 fully saturated rings. The summed E-state index contributed by atoms with van der Waals surface area (Å²) in [5.41, 5.74) is 0.677. The van der Waals surface area contributed by atoms with Crippen LogP contribution in [0.3, 0.4) is 0 Å². The molecule has 1 aromatic carbocycles. The van der Waals surface area contributed by atoms with Gasteiger partial charge in [-0.05, 0) is 35.9 Å². The zero-order valence-corrected chi connectivity index (χ0v) is 12.0. The van der Waals surface area contributed by atoms with Crippen molar-refractivity contribution in [3.05, 3.63) is 45.1 Å². The number of methoxy groups -OCH3 is 1. The zero-order valence-electron chi connectivity index (χ0n) is 10.5. The number of benzene rings is 1. The van der Waals surface area contributed by atoms with E-state index in [-0.39, 0.29) is 11.3 Å². The molecule has 2 N–H and O–H groups in total. The molecule has 104 valence electrons. The minimum Gasteiger partial charge on any atom is -0.504 e. The average Bonchev–Trinajstić information content (AvgIpc) is 2.82. The first-order chi connectivity index (χ1) is 9.51. The van der Waals surface area contributed by atoms with Gasteiger partial charge in [-0.2, -0.15) is 0 Å². The Balaban J connectivity index is 2.44. The standard InChI is InChI=1S/C14H11ClO4S/c1-19-11-3-2-8(7-10(11)16)6-9(14(17)18)12-4-5-13(15)20-12/h2-7,16H,1H3,(H,17,18)/b9-6-. The normalized spacial score (nSPS) is 11.4. The molecule has 2 rings (SSSR count). The summed E-state index contributed by atoms with van der Waals surface area (Å²) in [5, 5.41) is 19.0. The van der Waals surface area contributed by atoms with Crippen molar-refractivity contribution in [2.75, 3.05) is 7.11 Å².